The Labute approximate surface area is 263 Å². The van der Waals surface area contributed by atoms with E-state index >= 15 is 0 Å². The predicted octanol–water partition coefficient (Wildman–Crippen LogP) is 7.68. The molecular formula is C36H43ClN4O2. The zero-order chi connectivity index (χ0) is 30.2. The lowest BCUT2D eigenvalue weighted by Gasteiger charge is -2.18. The van der Waals surface area contributed by atoms with Crippen molar-refractivity contribution in [3.8, 4) is 23.6 Å². The number of nitrogens with zero attached hydrogens (tertiary/aromatic N) is 4. The zero-order valence-electron chi connectivity index (χ0n) is 25.8. The fourth-order valence-electron chi connectivity index (χ4n) is 4.51. The van der Waals surface area contributed by atoms with E-state index in [2.05, 4.69) is 49.6 Å². The highest BCUT2D eigenvalue weighted by Gasteiger charge is 2.07. The predicted molar refractivity (Wildman–Crippen MR) is 180 cm³/mol. The van der Waals surface area contributed by atoms with Crippen LogP contribution in [0.4, 0.5) is 0 Å². The third-order valence-corrected chi connectivity index (χ3v) is 7.27. The average molecular weight is 599 g/mol. The number of nitriles is 2. The molecule has 6 nitrogen and oxygen atoms in total. The molecule has 0 saturated heterocycles. The summed E-state index contributed by atoms with van der Waals surface area (Å²) in [5, 5.41) is 19.7. The molecule has 0 radical (unpaired) electrons. The Hall–Kier alpha value is -4.07. The van der Waals surface area contributed by atoms with Crippen molar-refractivity contribution in [3.63, 3.8) is 0 Å². The number of halogens is 1. The smallest absolute Gasteiger partial charge is 0.119 e. The second-order valence-electron chi connectivity index (χ2n) is 9.81. The van der Waals surface area contributed by atoms with E-state index in [4.69, 9.17) is 9.47 Å². The Balaban J connectivity index is 0.00000645. The van der Waals surface area contributed by atoms with Crippen LogP contribution in [0.25, 0.3) is 23.3 Å². The van der Waals surface area contributed by atoms with Crippen LogP contribution in [0.1, 0.15) is 49.9 Å². The second kappa shape index (κ2) is 19.2. The van der Waals surface area contributed by atoms with Crippen molar-refractivity contribution in [2.75, 3.05) is 52.5 Å². The summed E-state index contributed by atoms with van der Waals surface area (Å²) >= 11 is 0. The summed E-state index contributed by atoms with van der Waals surface area (Å²) in [6.45, 7) is 15.7. The van der Waals surface area contributed by atoms with Gasteiger partial charge in [0.15, 0.2) is 0 Å². The lowest BCUT2D eigenvalue weighted by Crippen LogP contribution is -2.27. The van der Waals surface area contributed by atoms with E-state index in [0.29, 0.717) is 24.4 Å². The summed E-state index contributed by atoms with van der Waals surface area (Å²) in [4.78, 5) is 4.64. The Morgan fingerprint density at radius 3 is 1.19 bits per heavy atom. The first-order valence-electron chi connectivity index (χ1n) is 14.8. The minimum atomic E-state index is 0. The molecule has 0 aliphatic rings. The Kier molecular flexibility index (Phi) is 15.7. The first-order valence-corrected chi connectivity index (χ1v) is 14.8. The molecule has 0 bridgehead atoms. The molecule has 0 heterocycles. The normalized spacial score (nSPS) is 11.5. The molecule has 0 saturated carbocycles. The number of hydrogen-bond donors (Lipinski definition) is 0. The van der Waals surface area contributed by atoms with E-state index in [0.717, 1.165) is 73.0 Å². The van der Waals surface area contributed by atoms with Crippen molar-refractivity contribution in [1.29, 1.82) is 10.5 Å². The van der Waals surface area contributed by atoms with Gasteiger partial charge in [-0.1, -0.05) is 76.2 Å². The van der Waals surface area contributed by atoms with Gasteiger partial charge in [-0.05, 0) is 84.9 Å². The molecule has 0 spiro atoms. The number of hydrogen-bond acceptors (Lipinski definition) is 6. The third-order valence-electron chi connectivity index (χ3n) is 7.27. The highest BCUT2D eigenvalue weighted by Crippen LogP contribution is 2.24. The molecule has 0 aliphatic carbocycles. The lowest BCUT2D eigenvalue weighted by molar-refractivity contribution is 0.223. The SMILES string of the molecule is CCN(CC)CCOc1ccc(/C=C(\C#N)c2ccc(/C(C#N)=C/c3ccc(OCCN(CC)CC)cc3)cc2)cc1.Cl. The average Bonchev–Trinajstić information content (AvgIpc) is 3.04. The molecule has 3 rings (SSSR count). The van der Waals surface area contributed by atoms with Crippen LogP contribution in [-0.2, 0) is 0 Å². The van der Waals surface area contributed by atoms with Gasteiger partial charge in [0, 0.05) is 13.1 Å². The second-order valence-corrected chi connectivity index (χ2v) is 9.81. The van der Waals surface area contributed by atoms with Crippen molar-refractivity contribution < 1.29 is 9.47 Å². The molecule has 0 unspecified atom stereocenters. The van der Waals surface area contributed by atoms with Crippen molar-refractivity contribution in [2.24, 2.45) is 0 Å². The summed E-state index contributed by atoms with van der Waals surface area (Å²) < 4.78 is 11.7. The van der Waals surface area contributed by atoms with Crippen molar-refractivity contribution in [2.45, 2.75) is 27.7 Å². The molecule has 0 N–H and O–H groups in total. The van der Waals surface area contributed by atoms with Gasteiger partial charge in [0.25, 0.3) is 0 Å². The van der Waals surface area contributed by atoms with E-state index in [9.17, 15) is 10.5 Å². The highest BCUT2D eigenvalue weighted by atomic mass is 35.5. The maximum Gasteiger partial charge on any atom is 0.119 e. The molecule has 3 aromatic rings. The summed E-state index contributed by atoms with van der Waals surface area (Å²) in [5.74, 6) is 1.63. The van der Waals surface area contributed by atoms with Crippen LogP contribution in [0.5, 0.6) is 11.5 Å². The molecule has 7 heteroatoms. The molecule has 0 fully saturated rings. The van der Waals surface area contributed by atoms with Crippen LogP contribution in [-0.4, -0.2) is 62.3 Å². The number of ether oxygens (including phenoxy) is 2. The fraction of sp³-hybridized carbons (Fsp3) is 0.333. The van der Waals surface area contributed by atoms with Crippen LogP contribution in [0.3, 0.4) is 0 Å². The van der Waals surface area contributed by atoms with E-state index < -0.39 is 0 Å². The van der Waals surface area contributed by atoms with Crippen LogP contribution in [0.15, 0.2) is 72.8 Å². The molecule has 0 atom stereocenters. The van der Waals surface area contributed by atoms with Gasteiger partial charge in [-0.3, -0.25) is 0 Å². The van der Waals surface area contributed by atoms with E-state index in [1.807, 2.05) is 84.9 Å². The summed E-state index contributed by atoms with van der Waals surface area (Å²) in [5.41, 5.74) is 4.54. The summed E-state index contributed by atoms with van der Waals surface area (Å²) in [7, 11) is 0. The minimum absolute atomic E-state index is 0. The van der Waals surface area contributed by atoms with E-state index in [1.54, 1.807) is 0 Å². The van der Waals surface area contributed by atoms with Crippen LogP contribution < -0.4 is 9.47 Å². The molecule has 226 valence electrons. The number of benzene rings is 3. The number of allylic oxidation sites excluding steroid dienone is 2. The van der Waals surface area contributed by atoms with Gasteiger partial charge in [-0.15, -0.1) is 12.4 Å². The first-order chi connectivity index (χ1) is 20.5. The molecule has 0 amide bonds. The van der Waals surface area contributed by atoms with Crippen molar-refractivity contribution in [1.82, 2.24) is 9.80 Å². The largest absolute Gasteiger partial charge is 0.492 e. The highest BCUT2D eigenvalue weighted by molar-refractivity contribution is 5.92. The van der Waals surface area contributed by atoms with Gasteiger partial charge in [0.1, 0.15) is 24.7 Å². The summed E-state index contributed by atoms with van der Waals surface area (Å²) in [6, 6.07) is 27.7. The first kappa shape index (κ1) is 35.1. The standard InChI is InChI=1S/C36H42N4O2.ClH/c1-5-39(6-2)21-23-41-35-17-9-29(10-18-35)25-33(27-37)31-13-15-32(16-14-31)34(28-38)26-30-11-19-36(20-12-30)42-24-22-40(7-3)8-4;/h9-20,25-26H,5-8,21-24H2,1-4H3;1H/b33-25+,34-26+;. The molecule has 0 aromatic heterocycles. The van der Waals surface area contributed by atoms with Crippen molar-refractivity contribution >= 4 is 35.7 Å². The van der Waals surface area contributed by atoms with Gasteiger partial charge >= 0.3 is 0 Å². The van der Waals surface area contributed by atoms with Gasteiger partial charge in [-0.2, -0.15) is 10.5 Å². The molecule has 3 aromatic carbocycles. The lowest BCUT2D eigenvalue weighted by atomic mass is 9.99. The van der Waals surface area contributed by atoms with Crippen molar-refractivity contribution in [3.05, 3.63) is 95.1 Å². The number of likely N-dealkylation sites (N-methyl/N-ethyl adjacent to an activating group) is 2. The third kappa shape index (κ3) is 11.3. The van der Waals surface area contributed by atoms with E-state index in [-0.39, 0.29) is 12.4 Å². The molecular weight excluding hydrogens is 556 g/mol. The molecule has 43 heavy (non-hydrogen) atoms. The Morgan fingerprint density at radius 1 is 0.581 bits per heavy atom. The van der Waals surface area contributed by atoms with Gasteiger partial charge in [0.05, 0.1) is 23.3 Å². The van der Waals surface area contributed by atoms with Crippen LogP contribution in [0.2, 0.25) is 0 Å². The zero-order valence-corrected chi connectivity index (χ0v) is 26.6. The van der Waals surface area contributed by atoms with Gasteiger partial charge in [0.2, 0.25) is 0 Å². The van der Waals surface area contributed by atoms with Gasteiger partial charge < -0.3 is 19.3 Å². The Morgan fingerprint density at radius 2 is 0.907 bits per heavy atom. The van der Waals surface area contributed by atoms with Crippen LogP contribution in [0, 0.1) is 22.7 Å². The minimum Gasteiger partial charge on any atom is -0.492 e. The monoisotopic (exact) mass is 598 g/mol. The van der Waals surface area contributed by atoms with E-state index in [1.165, 1.54) is 0 Å². The Bertz CT molecular complexity index is 1270. The maximum absolute atomic E-state index is 9.83. The fourth-order valence-corrected chi connectivity index (χ4v) is 4.51. The quantitative estimate of drug-likeness (QED) is 0.124. The number of rotatable bonds is 16. The topological polar surface area (TPSA) is 72.5 Å². The van der Waals surface area contributed by atoms with Crippen LogP contribution >= 0.6 is 12.4 Å². The van der Waals surface area contributed by atoms with Gasteiger partial charge in [-0.25, -0.2) is 0 Å². The molecule has 0 aliphatic heterocycles. The maximum atomic E-state index is 9.83. The summed E-state index contributed by atoms with van der Waals surface area (Å²) in [6.07, 6.45) is 3.72.